The van der Waals surface area contributed by atoms with Crippen molar-refractivity contribution in [3.05, 3.63) is 36.1 Å². The predicted molar refractivity (Wildman–Crippen MR) is 52.9 cm³/mol. The molecule has 1 heterocycles. The van der Waals surface area contributed by atoms with Crippen molar-refractivity contribution in [3.8, 4) is 22.8 Å². The summed E-state index contributed by atoms with van der Waals surface area (Å²) in [4.78, 5) is 10.4. The number of furan rings is 1. The maximum Gasteiger partial charge on any atom is 0.185 e. The van der Waals surface area contributed by atoms with E-state index in [-0.39, 0.29) is 17.3 Å². The first-order valence-electron chi connectivity index (χ1n) is 4.27. The third-order valence-electron chi connectivity index (χ3n) is 1.93. The fraction of sp³-hybridized carbons (Fsp3) is 0. The Balaban J connectivity index is 2.48. The van der Waals surface area contributed by atoms with E-state index in [0.29, 0.717) is 17.6 Å². The summed E-state index contributed by atoms with van der Waals surface area (Å²) in [6.45, 7) is 0. The van der Waals surface area contributed by atoms with Gasteiger partial charge in [0.25, 0.3) is 0 Å². The van der Waals surface area contributed by atoms with E-state index in [1.807, 2.05) is 0 Å². The maximum absolute atomic E-state index is 10.4. The first kappa shape index (κ1) is 9.33. The fourth-order valence-corrected chi connectivity index (χ4v) is 1.31. The maximum atomic E-state index is 10.4. The molecule has 0 spiro atoms. The number of rotatable bonds is 2. The molecule has 4 heteroatoms. The van der Waals surface area contributed by atoms with Crippen LogP contribution >= 0.6 is 0 Å². The summed E-state index contributed by atoms with van der Waals surface area (Å²) >= 11 is 0. The summed E-state index contributed by atoms with van der Waals surface area (Å²) in [6.07, 6.45) is 0.589. The molecule has 2 N–H and O–H groups in total. The van der Waals surface area contributed by atoms with Crippen molar-refractivity contribution < 1.29 is 19.4 Å². The van der Waals surface area contributed by atoms with Crippen molar-refractivity contribution in [2.24, 2.45) is 0 Å². The van der Waals surface area contributed by atoms with Crippen LogP contribution in [0, 0.1) is 0 Å². The Morgan fingerprint density at radius 1 is 1.07 bits per heavy atom. The molecule has 2 rings (SSSR count). The van der Waals surface area contributed by atoms with E-state index >= 15 is 0 Å². The van der Waals surface area contributed by atoms with Crippen LogP contribution in [0.4, 0.5) is 0 Å². The van der Waals surface area contributed by atoms with Gasteiger partial charge in [-0.25, -0.2) is 0 Å². The van der Waals surface area contributed by atoms with Crippen LogP contribution in [-0.2, 0) is 0 Å². The predicted octanol–water partition coefficient (Wildman–Crippen LogP) is 2.17. The zero-order valence-electron chi connectivity index (χ0n) is 7.68. The van der Waals surface area contributed by atoms with Crippen LogP contribution in [0.1, 0.15) is 10.6 Å². The second-order valence-corrected chi connectivity index (χ2v) is 3.06. The molecule has 1 aromatic carbocycles. The Bertz CT molecular complexity index is 479. The highest BCUT2D eigenvalue weighted by Gasteiger charge is 2.06. The van der Waals surface area contributed by atoms with Crippen molar-refractivity contribution in [3.63, 3.8) is 0 Å². The van der Waals surface area contributed by atoms with Crippen LogP contribution in [0.3, 0.4) is 0 Å². The SMILES string of the molecule is O=Cc1ccc(-c2cc(O)cc(O)c2)o1. The van der Waals surface area contributed by atoms with E-state index in [0.717, 1.165) is 0 Å². The lowest BCUT2D eigenvalue weighted by Gasteiger charge is -1.99. The minimum atomic E-state index is -0.0611. The van der Waals surface area contributed by atoms with Crippen LogP contribution in [0.2, 0.25) is 0 Å². The third kappa shape index (κ3) is 1.83. The molecule has 4 nitrogen and oxygen atoms in total. The van der Waals surface area contributed by atoms with Gasteiger partial charge in [0, 0.05) is 11.6 Å². The van der Waals surface area contributed by atoms with Gasteiger partial charge in [0.2, 0.25) is 0 Å². The second kappa shape index (κ2) is 3.49. The van der Waals surface area contributed by atoms with Gasteiger partial charge < -0.3 is 14.6 Å². The van der Waals surface area contributed by atoms with Crippen LogP contribution in [0.15, 0.2) is 34.7 Å². The van der Waals surface area contributed by atoms with Gasteiger partial charge >= 0.3 is 0 Å². The number of carbonyl (C=O) groups is 1. The van der Waals surface area contributed by atoms with Gasteiger partial charge in [0.15, 0.2) is 12.0 Å². The lowest BCUT2D eigenvalue weighted by atomic mass is 10.1. The molecule has 2 aromatic rings. The molecule has 0 aliphatic carbocycles. The summed E-state index contributed by atoms with van der Waals surface area (Å²) in [5.74, 6) is 0.499. The first-order chi connectivity index (χ1) is 7.19. The summed E-state index contributed by atoms with van der Waals surface area (Å²) in [5, 5.41) is 18.5. The zero-order valence-corrected chi connectivity index (χ0v) is 7.68. The molecule has 0 fully saturated rings. The van der Waals surface area contributed by atoms with Crippen LogP contribution in [0.5, 0.6) is 11.5 Å². The van der Waals surface area contributed by atoms with Gasteiger partial charge in [-0.2, -0.15) is 0 Å². The number of hydrogen-bond acceptors (Lipinski definition) is 4. The summed E-state index contributed by atoms with van der Waals surface area (Å²) in [5.41, 5.74) is 0.514. The topological polar surface area (TPSA) is 70.7 Å². The smallest absolute Gasteiger partial charge is 0.185 e. The van der Waals surface area contributed by atoms with E-state index in [9.17, 15) is 15.0 Å². The van der Waals surface area contributed by atoms with Crippen molar-refractivity contribution in [2.75, 3.05) is 0 Å². The van der Waals surface area contributed by atoms with Crippen LogP contribution in [0.25, 0.3) is 11.3 Å². The molecule has 0 saturated carbocycles. The van der Waals surface area contributed by atoms with Gasteiger partial charge in [0.05, 0.1) is 0 Å². The molecular weight excluding hydrogens is 196 g/mol. The van der Waals surface area contributed by atoms with E-state index in [2.05, 4.69) is 0 Å². The summed E-state index contributed by atoms with van der Waals surface area (Å²) in [6, 6.07) is 7.20. The van der Waals surface area contributed by atoms with Crippen molar-refractivity contribution in [2.45, 2.75) is 0 Å². The molecule has 0 bridgehead atoms. The lowest BCUT2D eigenvalue weighted by Crippen LogP contribution is -1.75. The van der Waals surface area contributed by atoms with Crippen molar-refractivity contribution >= 4 is 6.29 Å². The Morgan fingerprint density at radius 3 is 2.27 bits per heavy atom. The molecule has 0 unspecified atom stereocenters. The number of benzene rings is 1. The molecule has 15 heavy (non-hydrogen) atoms. The average molecular weight is 204 g/mol. The molecule has 0 atom stereocenters. The average Bonchev–Trinajstić information content (AvgIpc) is 2.64. The van der Waals surface area contributed by atoms with E-state index in [1.54, 1.807) is 6.07 Å². The van der Waals surface area contributed by atoms with Crippen molar-refractivity contribution in [1.29, 1.82) is 0 Å². The van der Waals surface area contributed by atoms with Gasteiger partial charge in [-0.15, -0.1) is 0 Å². The number of phenolic OH excluding ortho intramolecular Hbond substituents is 2. The molecule has 0 amide bonds. The molecular formula is C11H8O4. The normalized spacial score (nSPS) is 10.1. The summed E-state index contributed by atoms with van der Waals surface area (Å²) in [7, 11) is 0. The lowest BCUT2D eigenvalue weighted by molar-refractivity contribution is 0.110. The van der Waals surface area contributed by atoms with Crippen LogP contribution in [-0.4, -0.2) is 16.5 Å². The first-order valence-corrected chi connectivity index (χ1v) is 4.27. The van der Waals surface area contributed by atoms with E-state index in [4.69, 9.17) is 4.42 Å². The Kier molecular flexibility index (Phi) is 2.17. The van der Waals surface area contributed by atoms with E-state index in [1.165, 1.54) is 24.3 Å². The Hall–Kier alpha value is -2.23. The Morgan fingerprint density at radius 2 is 1.73 bits per heavy atom. The molecule has 0 aliphatic heterocycles. The standard InChI is InChI=1S/C11H8O4/c12-6-10-1-2-11(15-10)7-3-8(13)5-9(14)4-7/h1-6,13-14H. The minimum Gasteiger partial charge on any atom is -0.508 e. The molecule has 0 saturated heterocycles. The number of hydrogen-bond donors (Lipinski definition) is 2. The highest BCUT2D eigenvalue weighted by molar-refractivity contribution is 5.73. The zero-order chi connectivity index (χ0) is 10.8. The number of carbonyl (C=O) groups excluding carboxylic acids is 1. The summed E-state index contributed by atoms with van der Waals surface area (Å²) < 4.78 is 5.14. The molecule has 0 radical (unpaired) electrons. The van der Waals surface area contributed by atoms with Gasteiger partial charge in [-0.05, 0) is 24.3 Å². The number of phenols is 2. The third-order valence-corrected chi connectivity index (χ3v) is 1.93. The van der Waals surface area contributed by atoms with Gasteiger partial charge in [-0.3, -0.25) is 4.79 Å². The Labute approximate surface area is 85.4 Å². The minimum absolute atomic E-state index is 0.0611. The highest BCUT2D eigenvalue weighted by Crippen LogP contribution is 2.29. The molecule has 76 valence electrons. The highest BCUT2D eigenvalue weighted by atomic mass is 16.3. The second-order valence-electron chi connectivity index (χ2n) is 3.06. The quantitative estimate of drug-likeness (QED) is 0.735. The molecule has 0 aliphatic rings. The molecule has 1 aromatic heterocycles. The largest absolute Gasteiger partial charge is 0.508 e. The van der Waals surface area contributed by atoms with Crippen LogP contribution < -0.4 is 0 Å². The fourth-order valence-electron chi connectivity index (χ4n) is 1.31. The van der Waals surface area contributed by atoms with Gasteiger partial charge in [0.1, 0.15) is 17.3 Å². The number of aromatic hydroxyl groups is 2. The van der Waals surface area contributed by atoms with Crippen molar-refractivity contribution in [1.82, 2.24) is 0 Å². The monoisotopic (exact) mass is 204 g/mol. The van der Waals surface area contributed by atoms with Gasteiger partial charge in [-0.1, -0.05) is 0 Å². The number of aldehydes is 1. The van der Waals surface area contributed by atoms with E-state index < -0.39 is 0 Å².